The molecule has 0 fully saturated rings. The van der Waals surface area contributed by atoms with Gasteiger partial charge >= 0.3 is 0 Å². The van der Waals surface area contributed by atoms with Crippen molar-refractivity contribution in [2.75, 3.05) is 10.8 Å². The first-order valence-corrected chi connectivity index (χ1v) is 9.41. The third-order valence-electron chi connectivity index (χ3n) is 4.18. The van der Waals surface area contributed by atoms with E-state index in [0.29, 0.717) is 24.0 Å². The number of hydrogen-bond acceptors (Lipinski definition) is 4. The molecule has 1 aliphatic rings. The zero-order valence-corrected chi connectivity index (χ0v) is 14.4. The SMILES string of the molecule is Cc1cc(F)c2c(c1)CCCN2S(=O)(=O)Cc1ccc([N+](=O)[O-])cc1. The van der Waals surface area contributed by atoms with Crippen molar-refractivity contribution in [3.8, 4) is 0 Å². The van der Waals surface area contributed by atoms with Crippen molar-refractivity contribution in [1.29, 1.82) is 0 Å². The number of halogens is 1. The normalized spacial score (nSPS) is 14.2. The lowest BCUT2D eigenvalue weighted by Gasteiger charge is -2.31. The van der Waals surface area contributed by atoms with E-state index in [0.717, 1.165) is 9.87 Å². The largest absolute Gasteiger partial charge is 0.269 e. The maximum Gasteiger partial charge on any atom is 0.269 e. The van der Waals surface area contributed by atoms with Crippen LogP contribution in [-0.2, 0) is 22.2 Å². The van der Waals surface area contributed by atoms with E-state index in [1.54, 1.807) is 6.92 Å². The lowest BCUT2D eigenvalue weighted by atomic mass is 10.0. The summed E-state index contributed by atoms with van der Waals surface area (Å²) in [4.78, 5) is 10.1. The van der Waals surface area contributed by atoms with Crippen LogP contribution in [0.2, 0.25) is 0 Å². The fourth-order valence-electron chi connectivity index (χ4n) is 3.08. The van der Waals surface area contributed by atoms with Gasteiger partial charge in [-0.3, -0.25) is 14.4 Å². The van der Waals surface area contributed by atoms with E-state index in [4.69, 9.17) is 0 Å². The Balaban J connectivity index is 1.93. The first-order chi connectivity index (χ1) is 11.8. The van der Waals surface area contributed by atoms with E-state index in [-0.39, 0.29) is 23.7 Å². The minimum Gasteiger partial charge on any atom is -0.267 e. The summed E-state index contributed by atoms with van der Waals surface area (Å²) in [7, 11) is -3.79. The molecule has 0 bridgehead atoms. The van der Waals surface area contributed by atoms with Gasteiger partial charge < -0.3 is 0 Å². The van der Waals surface area contributed by atoms with Gasteiger partial charge in [-0.25, -0.2) is 12.8 Å². The second-order valence-corrected chi connectivity index (χ2v) is 8.00. The van der Waals surface area contributed by atoms with Crippen molar-refractivity contribution in [2.24, 2.45) is 0 Å². The summed E-state index contributed by atoms with van der Waals surface area (Å²) >= 11 is 0. The van der Waals surface area contributed by atoms with E-state index in [9.17, 15) is 22.9 Å². The van der Waals surface area contributed by atoms with Crippen LogP contribution in [0.5, 0.6) is 0 Å². The Morgan fingerprint density at radius 2 is 1.92 bits per heavy atom. The summed E-state index contributed by atoms with van der Waals surface area (Å²) in [6.07, 6.45) is 1.26. The second kappa shape index (κ2) is 6.44. The molecule has 0 unspecified atom stereocenters. The summed E-state index contributed by atoms with van der Waals surface area (Å²) < 4.78 is 41.1. The van der Waals surface area contributed by atoms with Crippen molar-refractivity contribution in [3.63, 3.8) is 0 Å². The Hall–Kier alpha value is -2.48. The monoisotopic (exact) mass is 364 g/mol. The molecule has 0 spiro atoms. The highest BCUT2D eigenvalue weighted by atomic mass is 32.2. The molecular formula is C17H17FN2O4S. The minimum absolute atomic E-state index is 0.106. The molecule has 0 aromatic heterocycles. The van der Waals surface area contributed by atoms with Gasteiger partial charge in [0.15, 0.2) is 0 Å². The van der Waals surface area contributed by atoms with Crippen LogP contribution >= 0.6 is 0 Å². The van der Waals surface area contributed by atoms with Gasteiger partial charge in [-0.2, -0.15) is 0 Å². The predicted octanol–water partition coefficient (Wildman–Crippen LogP) is 3.32. The Kier molecular flexibility index (Phi) is 4.47. The summed E-state index contributed by atoms with van der Waals surface area (Å²) in [6.45, 7) is 2.00. The number of anilines is 1. The molecule has 0 amide bonds. The molecule has 8 heteroatoms. The highest BCUT2D eigenvalue weighted by Gasteiger charge is 2.30. The number of aryl methyl sites for hydroxylation is 2. The molecule has 0 saturated heterocycles. The first-order valence-electron chi connectivity index (χ1n) is 7.81. The molecule has 25 heavy (non-hydrogen) atoms. The summed E-state index contributed by atoms with van der Waals surface area (Å²) in [5.74, 6) is -0.875. The molecule has 3 rings (SSSR count). The van der Waals surface area contributed by atoms with Crippen LogP contribution in [0.4, 0.5) is 15.8 Å². The summed E-state index contributed by atoms with van der Waals surface area (Å²) in [5, 5.41) is 10.7. The van der Waals surface area contributed by atoms with Gasteiger partial charge in [0.1, 0.15) is 5.82 Å². The van der Waals surface area contributed by atoms with E-state index in [1.165, 1.54) is 30.3 Å². The van der Waals surface area contributed by atoms with Gasteiger partial charge in [0, 0.05) is 18.7 Å². The van der Waals surface area contributed by atoms with Crippen molar-refractivity contribution in [3.05, 3.63) is 69.0 Å². The van der Waals surface area contributed by atoms with Crippen molar-refractivity contribution >= 4 is 21.4 Å². The number of benzene rings is 2. The molecule has 0 N–H and O–H groups in total. The molecule has 0 aliphatic carbocycles. The van der Waals surface area contributed by atoms with Crippen LogP contribution in [0.25, 0.3) is 0 Å². The first kappa shape index (κ1) is 17.3. The third-order valence-corrected chi connectivity index (χ3v) is 5.91. The zero-order chi connectivity index (χ0) is 18.2. The number of hydrogen-bond donors (Lipinski definition) is 0. The van der Waals surface area contributed by atoms with Crippen LogP contribution in [0, 0.1) is 22.9 Å². The van der Waals surface area contributed by atoms with Crippen LogP contribution in [0.3, 0.4) is 0 Å². The standard InChI is InChI=1S/C17H17FN2O4S/c1-12-9-14-3-2-8-19(17(14)16(18)10-12)25(23,24)11-13-4-6-15(7-5-13)20(21)22/h4-7,9-10H,2-3,8,11H2,1H3. The third kappa shape index (κ3) is 3.48. The molecule has 0 atom stereocenters. The van der Waals surface area contributed by atoms with Crippen molar-refractivity contribution < 1.29 is 17.7 Å². The molecule has 1 aliphatic heterocycles. The molecule has 6 nitrogen and oxygen atoms in total. The van der Waals surface area contributed by atoms with Gasteiger partial charge in [-0.1, -0.05) is 18.2 Å². The number of nitrogens with zero attached hydrogens (tertiary/aromatic N) is 2. The molecule has 132 valence electrons. The Morgan fingerprint density at radius 3 is 2.56 bits per heavy atom. The van der Waals surface area contributed by atoms with E-state index in [2.05, 4.69) is 0 Å². The Morgan fingerprint density at radius 1 is 1.24 bits per heavy atom. The van der Waals surface area contributed by atoms with Gasteiger partial charge in [-0.15, -0.1) is 0 Å². The summed E-state index contributed by atoms with van der Waals surface area (Å²) in [6, 6.07) is 8.49. The molecule has 0 saturated carbocycles. The van der Waals surface area contributed by atoms with Gasteiger partial charge in [0.25, 0.3) is 5.69 Å². The minimum atomic E-state index is -3.79. The lowest BCUT2D eigenvalue weighted by Crippen LogP contribution is -2.37. The van der Waals surface area contributed by atoms with E-state index < -0.39 is 20.8 Å². The molecule has 1 heterocycles. The number of nitro groups is 1. The highest BCUT2D eigenvalue weighted by Crippen LogP contribution is 2.34. The smallest absolute Gasteiger partial charge is 0.267 e. The quantitative estimate of drug-likeness (QED) is 0.616. The lowest BCUT2D eigenvalue weighted by molar-refractivity contribution is -0.384. The highest BCUT2D eigenvalue weighted by molar-refractivity contribution is 7.92. The molecular weight excluding hydrogens is 347 g/mol. The van der Waals surface area contributed by atoms with Crippen LogP contribution in [-0.4, -0.2) is 19.9 Å². The average molecular weight is 364 g/mol. The molecule has 2 aromatic rings. The average Bonchev–Trinajstić information content (AvgIpc) is 2.54. The predicted molar refractivity (Wildman–Crippen MR) is 92.5 cm³/mol. The number of nitro benzene ring substituents is 1. The second-order valence-electron chi connectivity index (χ2n) is 6.11. The number of rotatable bonds is 4. The van der Waals surface area contributed by atoms with Gasteiger partial charge in [-0.05, 0) is 42.5 Å². The number of sulfonamides is 1. The topological polar surface area (TPSA) is 80.5 Å². The maximum atomic E-state index is 14.4. The summed E-state index contributed by atoms with van der Waals surface area (Å²) in [5.41, 5.74) is 1.89. The van der Waals surface area contributed by atoms with Crippen LogP contribution in [0.15, 0.2) is 36.4 Å². The van der Waals surface area contributed by atoms with Crippen molar-refractivity contribution in [1.82, 2.24) is 0 Å². The van der Waals surface area contributed by atoms with Crippen molar-refractivity contribution in [2.45, 2.75) is 25.5 Å². The van der Waals surface area contributed by atoms with Crippen LogP contribution < -0.4 is 4.31 Å². The molecule has 0 radical (unpaired) electrons. The van der Waals surface area contributed by atoms with Gasteiger partial charge in [0.05, 0.1) is 16.4 Å². The van der Waals surface area contributed by atoms with E-state index in [1.807, 2.05) is 6.07 Å². The zero-order valence-electron chi connectivity index (χ0n) is 13.6. The fourth-order valence-corrected chi connectivity index (χ4v) is 4.74. The van der Waals surface area contributed by atoms with E-state index >= 15 is 0 Å². The van der Waals surface area contributed by atoms with Gasteiger partial charge in [0.2, 0.25) is 10.0 Å². The Labute approximate surface area is 145 Å². The fraction of sp³-hybridized carbons (Fsp3) is 0.294. The maximum absolute atomic E-state index is 14.4. The van der Waals surface area contributed by atoms with Crippen LogP contribution in [0.1, 0.15) is 23.1 Å². The number of fused-ring (bicyclic) bond motifs is 1. The Bertz CT molecular complexity index is 926. The molecule has 2 aromatic carbocycles. The number of non-ortho nitro benzene ring substituents is 1.